The maximum atomic E-state index is 14.1. The smallest absolute Gasteiger partial charge is 0.338 e. The molecule has 2 aliphatic rings. The molecule has 1 atom stereocenters. The van der Waals surface area contributed by atoms with Crippen molar-refractivity contribution in [2.24, 2.45) is 4.99 Å². The molecule has 40 heavy (non-hydrogen) atoms. The highest BCUT2D eigenvalue weighted by Gasteiger charge is 2.34. The number of rotatable bonds is 8. The Hall–Kier alpha value is -3.45. The van der Waals surface area contributed by atoms with Crippen molar-refractivity contribution in [3.63, 3.8) is 0 Å². The standard InChI is InChI=1S/C33H39N3O3S/c1-6-10-27-29(32(38)39-7-2)30(24-13-11-23(12-14-24)21(3)4)36-31(37)28(40-33(36)34-27)20-25-15-16-26(19-22(25)5)35-17-8-9-18-35/h11-16,19-21,30H,6-10,17-18H2,1-5H3/b28-20+/t30-/m1/s1. The lowest BCUT2D eigenvalue weighted by atomic mass is 9.92. The molecule has 1 aromatic heterocycles. The Balaban J connectivity index is 1.66. The van der Waals surface area contributed by atoms with Crippen molar-refractivity contribution in [2.45, 2.75) is 72.3 Å². The molecule has 7 heteroatoms. The highest BCUT2D eigenvalue weighted by atomic mass is 32.1. The minimum atomic E-state index is -0.584. The summed E-state index contributed by atoms with van der Waals surface area (Å²) in [6.07, 6.45) is 5.91. The highest BCUT2D eigenvalue weighted by molar-refractivity contribution is 7.07. The number of hydrogen-bond acceptors (Lipinski definition) is 6. The molecule has 0 radical (unpaired) electrons. The summed E-state index contributed by atoms with van der Waals surface area (Å²) in [7, 11) is 0. The number of thiazole rings is 1. The molecule has 210 valence electrons. The fourth-order valence-electron chi connectivity index (χ4n) is 5.63. The van der Waals surface area contributed by atoms with Gasteiger partial charge in [0, 0.05) is 18.8 Å². The molecule has 0 unspecified atom stereocenters. The van der Waals surface area contributed by atoms with E-state index >= 15 is 0 Å². The van der Waals surface area contributed by atoms with Gasteiger partial charge in [-0.3, -0.25) is 9.36 Å². The Labute approximate surface area is 240 Å². The first-order valence-electron chi connectivity index (χ1n) is 14.5. The third kappa shape index (κ3) is 5.44. The van der Waals surface area contributed by atoms with E-state index in [-0.39, 0.29) is 12.2 Å². The van der Waals surface area contributed by atoms with E-state index in [1.165, 1.54) is 35.4 Å². The number of benzene rings is 2. The van der Waals surface area contributed by atoms with Crippen molar-refractivity contribution >= 4 is 29.1 Å². The number of esters is 1. The second-order valence-electron chi connectivity index (χ2n) is 11.0. The van der Waals surface area contributed by atoms with E-state index < -0.39 is 12.0 Å². The number of allylic oxidation sites excluding steroid dienone is 1. The molecule has 6 nitrogen and oxygen atoms in total. The highest BCUT2D eigenvalue weighted by Crippen LogP contribution is 2.33. The average molecular weight is 558 g/mol. The van der Waals surface area contributed by atoms with E-state index in [9.17, 15) is 9.59 Å². The van der Waals surface area contributed by atoms with Crippen molar-refractivity contribution in [1.29, 1.82) is 0 Å². The second kappa shape index (κ2) is 12.0. The first kappa shape index (κ1) is 28.1. The van der Waals surface area contributed by atoms with Crippen LogP contribution in [-0.2, 0) is 9.53 Å². The van der Waals surface area contributed by atoms with Gasteiger partial charge in [-0.05, 0) is 79.5 Å². The van der Waals surface area contributed by atoms with Crippen LogP contribution in [0.15, 0.2) is 63.5 Å². The zero-order valence-electron chi connectivity index (χ0n) is 24.2. The van der Waals surface area contributed by atoms with Gasteiger partial charge in [-0.25, -0.2) is 9.79 Å². The van der Waals surface area contributed by atoms with Crippen LogP contribution in [0.4, 0.5) is 5.69 Å². The molecule has 2 aliphatic heterocycles. The zero-order chi connectivity index (χ0) is 28.4. The van der Waals surface area contributed by atoms with Crippen LogP contribution in [0.1, 0.15) is 87.6 Å². The molecular weight excluding hydrogens is 518 g/mol. The quantitative estimate of drug-likeness (QED) is 0.338. The maximum absolute atomic E-state index is 14.1. The predicted molar refractivity (Wildman–Crippen MR) is 163 cm³/mol. The Morgan fingerprint density at radius 3 is 2.48 bits per heavy atom. The lowest BCUT2D eigenvalue weighted by Crippen LogP contribution is -2.40. The number of fused-ring (bicyclic) bond motifs is 1. The third-order valence-electron chi connectivity index (χ3n) is 7.82. The molecule has 2 aromatic carbocycles. The molecule has 0 amide bonds. The largest absolute Gasteiger partial charge is 0.463 e. The Kier molecular flexibility index (Phi) is 8.40. The molecule has 3 aromatic rings. The van der Waals surface area contributed by atoms with E-state index in [0.29, 0.717) is 32.9 Å². The number of hydrogen-bond donors (Lipinski definition) is 0. The van der Waals surface area contributed by atoms with Crippen LogP contribution < -0.4 is 19.8 Å². The van der Waals surface area contributed by atoms with Crippen LogP contribution in [0.2, 0.25) is 0 Å². The van der Waals surface area contributed by atoms with Gasteiger partial charge in [0.2, 0.25) is 0 Å². The molecule has 5 rings (SSSR count). The number of nitrogens with zero attached hydrogens (tertiary/aromatic N) is 3. The average Bonchev–Trinajstić information content (AvgIpc) is 3.58. The number of carbonyl (C=O) groups excluding carboxylic acids is 1. The topological polar surface area (TPSA) is 63.9 Å². The summed E-state index contributed by atoms with van der Waals surface area (Å²) in [4.78, 5) is 35.4. The van der Waals surface area contributed by atoms with E-state index in [0.717, 1.165) is 36.2 Å². The first-order chi connectivity index (χ1) is 19.3. The normalized spacial score (nSPS) is 17.4. The molecule has 1 saturated heterocycles. The van der Waals surface area contributed by atoms with Gasteiger partial charge in [-0.15, -0.1) is 0 Å². The van der Waals surface area contributed by atoms with Gasteiger partial charge in [0.1, 0.15) is 0 Å². The van der Waals surface area contributed by atoms with Crippen molar-refractivity contribution in [3.05, 3.63) is 95.7 Å². The van der Waals surface area contributed by atoms with Crippen molar-refractivity contribution in [3.8, 4) is 0 Å². The SMILES string of the molecule is CCCC1=C(C(=O)OCC)[C@@H](c2ccc(C(C)C)cc2)n2c(s/c(=C/c3ccc(N4CCCC4)cc3C)c2=O)=N1. The minimum absolute atomic E-state index is 0.137. The molecule has 0 aliphatic carbocycles. The van der Waals surface area contributed by atoms with Crippen molar-refractivity contribution in [1.82, 2.24) is 4.57 Å². The van der Waals surface area contributed by atoms with Gasteiger partial charge in [0.15, 0.2) is 4.80 Å². The Morgan fingerprint density at radius 2 is 1.85 bits per heavy atom. The van der Waals surface area contributed by atoms with Crippen LogP contribution in [-0.4, -0.2) is 30.2 Å². The second-order valence-corrected chi connectivity index (χ2v) is 12.0. The lowest BCUT2D eigenvalue weighted by Gasteiger charge is -2.26. The number of anilines is 1. The zero-order valence-corrected chi connectivity index (χ0v) is 25.0. The van der Waals surface area contributed by atoms with Crippen LogP contribution in [0.5, 0.6) is 0 Å². The summed E-state index contributed by atoms with van der Waals surface area (Å²) >= 11 is 1.39. The summed E-state index contributed by atoms with van der Waals surface area (Å²) < 4.78 is 7.82. The predicted octanol–water partition coefficient (Wildman–Crippen LogP) is 5.61. The summed E-state index contributed by atoms with van der Waals surface area (Å²) in [6, 6.07) is 14.1. The fraction of sp³-hybridized carbons (Fsp3) is 0.424. The van der Waals surface area contributed by atoms with Crippen LogP contribution in [0.25, 0.3) is 6.08 Å². The van der Waals surface area contributed by atoms with E-state index in [1.54, 1.807) is 11.5 Å². The molecule has 0 saturated carbocycles. The summed E-state index contributed by atoms with van der Waals surface area (Å²) in [5.74, 6) is -0.0258. The molecule has 0 spiro atoms. The minimum Gasteiger partial charge on any atom is -0.463 e. The van der Waals surface area contributed by atoms with Gasteiger partial charge < -0.3 is 9.64 Å². The van der Waals surface area contributed by atoms with Gasteiger partial charge in [-0.2, -0.15) is 0 Å². The lowest BCUT2D eigenvalue weighted by molar-refractivity contribution is -0.139. The van der Waals surface area contributed by atoms with Gasteiger partial charge in [0.25, 0.3) is 5.56 Å². The Morgan fingerprint density at radius 1 is 1.12 bits per heavy atom. The first-order valence-corrected chi connectivity index (χ1v) is 15.3. The fourth-order valence-corrected chi connectivity index (χ4v) is 6.65. The van der Waals surface area contributed by atoms with Gasteiger partial charge >= 0.3 is 5.97 Å². The summed E-state index contributed by atoms with van der Waals surface area (Å²) in [6.45, 7) is 12.7. The number of ether oxygens (including phenoxy) is 1. The molecule has 0 bridgehead atoms. The van der Waals surface area contributed by atoms with Crippen LogP contribution in [0, 0.1) is 6.92 Å². The number of carbonyl (C=O) groups is 1. The third-order valence-corrected chi connectivity index (χ3v) is 8.81. The molecule has 3 heterocycles. The van der Waals surface area contributed by atoms with E-state index in [2.05, 4.69) is 62.9 Å². The van der Waals surface area contributed by atoms with Crippen LogP contribution >= 0.6 is 11.3 Å². The van der Waals surface area contributed by atoms with Gasteiger partial charge in [-0.1, -0.05) is 68.9 Å². The maximum Gasteiger partial charge on any atom is 0.338 e. The monoisotopic (exact) mass is 557 g/mol. The van der Waals surface area contributed by atoms with E-state index in [4.69, 9.17) is 9.73 Å². The van der Waals surface area contributed by atoms with Crippen molar-refractivity contribution < 1.29 is 9.53 Å². The molecule has 1 fully saturated rings. The van der Waals surface area contributed by atoms with Crippen LogP contribution in [0.3, 0.4) is 0 Å². The molecule has 0 N–H and O–H groups in total. The number of aromatic nitrogens is 1. The Bertz CT molecular complexity index is 1610. The van der Waals surface area contributed by atoms with E-state index in [1.807, 2.05) is 18.2 Å². The number of aryl methyl sites for hydroxylation is 1. The van der Waals surface area contributed by atoms with Gasteiger partial charge in [0.05, 0.1) is 28.5 Å². The van der Waals surface area contributed by atoms with Crippen molar-refractivity contribution in [2.75, 3.05) is 24.6 Å². The summed E-state index contributed by atoms with van der Waals surface area (Å²) in [5, 5.41) is 0. The summed E-state index contributed by atoms with van der Waals surface area (Å²) in [5.41, 5.74) is 6.52. The molecular formula is C33H39N3O3S.